The summed E-state index contributed by atoms with van der Waals surface area (Å²) in [6.07, 6.45) is 5.81. The molecule has 0 aliphatic carbocycles. The maximum Gasteiger partial charge on any atom is 0.221 e. The number of rotatable bonds is 4. The van der Waals surface area contributed by atoms with E-state index in [1.165, 1.54) is 6.92 Å². The van der Waals surface area contributed by atoms with Gasteiger partial charge >= 0.3 is 0 Å². The maximum atomic E-state index is 11.4. The molecule has 1 aliphatic heterocycles. The van der Waals surface area contributed by atoms with E-state index in [9.17, 15) is 4.79 Å². The van der Waals surface area contributed by atoms with Crippen molar-refractivity contribution < 1.29 is 4.79 Å². The fraction of sp³-hybridized carbons (Fsp3) is 0.240. The van der Waals surface area contributed by atoms with Crippen molar-refractivity contribution in [3.8, 4) is 22.4 Å². The second kappa shape index (κ2) is 8.43. The van der Waals surface area contributed by atoms with Crippen LogP contribution in [0.1, 0.15) is 6.92 Å². The Balaban J connectivity index is 1.45. The molecular weight excluding hydrogens is 400 g/mol. The van der Waals surface area contributed by atoms with Crippen molar-refractivity contribution >= 4 is 23.1 Å². The van der Waals surface area contributed by atoms with E-state index in [1.54, 1.807) is 0 Å². The highest BCUT2D eigenvalue weighted by atomic mass is 16.1. The van der Waals surface area contributed by atoms with Gasteiger partial charge in [0, 0.05) is 56.7 Å². The Morgan fingerprint density at radius 1 is 0.938 bits per heavy atom. The van der Waals surface area contributed by atoms with Gasteiger partial charge in [0.2, 0.25) is 5.91 Å². The van der Waals surface area contributed by atoms with Gasteiger partial charge in [0.1, 0.15) is 11.5 Å². The van der Waals surface area contributed by atoms with Gasteiger partial charge in [-0.05, 0) is 54.6 Å². The Morgan fingerprint density at radius 3 is 2.56 bits per heavy atom. The molecule has 7 heteroatoms. The van der Waals surface area contributed by atoms with Crippen LogP contribution in [0.5, 0.6) is 0 Å². The molecule has 0 spiro atoms. The lowest BCUT2D eigenvalue weighted by Crippen LogP contribution is -2.44. The number of piperazine rings is 1. The average molecular weight is 427 g/mol. The molecule has 0 atom stereocenters. The van der Waals surface area contributed by atoms with E-state index in [0.717, 1.165) is 65.7 Å². The molecule has 1 aromatic carbocycles. The van der Waals surface area contributed by atoms with Crippen LogP contribution in [0.25, 0.3) is 28.0 Å². The first kappa shape index (κ1) is 20.2. The molecule has 5 rings (SSSR count). The van der Waals surface area contributed by atoms with Gasteiger partial charge in [-0.2, -0.15) is 0 Å². The highest BCUT2D eigenvalue weighted by Crippen LogP contribution is 2.28. The van der Waals surface area contributed by atoms with Gasteiger partial charge in [-0.1, -0.05) is 12.1 Å². The van der Waals surface area contributed by atoms with Gasteiger partial charge < -0.3 is 15.1 Å². The van der Waals surface area contributed by atoms with E-state index in [-0.39, 0.29) is 5.91 Å². The van der Waals surface area contributed by atoms with E-state index in [1.807, 2.05) is 48.9 Å². The van der Waals surface area contributed by atoms with Crippen molar-refractivity contribution in [2.24, 2.45) is 0 Å². The molecule has 1 fully saturated rings. The molecule has 1 saturated heterocycles. The molecule has 162 valence electrons. The van der Waals surface area contributed by atoms with E-state index in [4.69, 9.17) is 0 Å². The zero-order chi connectivity index (χ0) is 22.1. The Hall–Kier alpha value is -3.71. The minimum absolute atomic E-state index is 0.0850. The molecule has 4 aromatic rings. The number of nitrogens with zero attached hydrogens (tertiary/aromatic N) is 5. The SMILES string of the molecule is CC(=O)Nc1cccc(-c2cnc3cc(-c4ccnc(N5CCN(C)CC5)c4)ccn23)c1. The topological polar surface area (TPSA) is 65.8 Å². The number of aromatic nitrogens is 3. The Labute approximate surface area is 187 Å². The van der Waals surface area contributed by atoms with Gasteiger partial charge in [0.25, 0.3) is 0 Å². The smallest absolute Gasteiger partial charge is 0.221 e. The molecular formula is C25H26N6O. The molecule has 1 aliphatic rings. The first-order chi connectivity index (χ1) is 15.6. The number of benzene rings is 1. The number of fused-ring (bicyclic) bond motifs is 1. The molecule has 32 heavy (non-hydrogen) atoms. The number of imidazole rings is 1. The van der Waals surface area contributed by atoms with Gasteiger partial charge in [0.15, 0.2) is 0 Å². The van der Waals surface area contributed by atoms with Crippen LogP contribution in [-0.4, -0.2) is 58.4 Å². The second-order valence-electron chi connectivity index (χ2n) is 8.24. The van der Waals surface area contributed by atoms with Crippen LogP contribution in [-0.2, 0) is 4.79 Å². The fourth-order valence-electron chi connectivity index (χ4n) is 4.14. The van der Waals surface area contributed by atoms with Crippen molar-refractivity contribution in [2.75, 3.05) is 43.4 Å². The summed E-state index contributed by atoms with van der Waals surface area (Å²) < 4.78 is 2.07. The summed E-state index contributed by atoms with van der Waals surface area (Å²) in [6, 6.07) is 16.2. The number of anilines is 2. The number of hydrogen-bond donors (Lipinski definition) is 1. The van der Waals surface area contributed by atoms with Crippen LogP contribution in [0.4, 0.5) is 11.5 Å². The molecule has 3 aromatic heterocycles. The molecule has 1 N–H and O–H groups in total. The summed E-state index contributed by atoms with van der Waals surface area (Å²) in [7, 11) is 2.16. The quantitative estimate of drug-likeness (QED) is 0.538. The Bertz CT molecular complexity index is 1270. The molecule has 1 amide bonds. The monoisotopic (exact) mass is 426 g/mol. The standard InChI is InChI=1S/C25H26N6O/c1-18(32)28-22-5-3-4-21(14-22)23-17-27-25-16-20(7-9-31(23)25)19-6-8-26-24(15-19)30-12-10-29(2)11-13-30/h3-9,14-17H,10-13H2,1-2H3,(H,28,32). The molecule has 0 saturated carbocycles. The summed E-state index contributed by atoms with van der Waals surface area (Å²) in [5.74, 6) is 0.938. The minimum Gasteiger partial charge on any atom is -0.354 e. The Morgan fingerprint density at radius 2 is 1.75 bits per heavy atom. The molecule has 0 bridgehead atoms. The van der Waals surface area contributed by atoms with Gasteiger partial charge in [-0.25, -0.2) is 9.97 Å². The number of pyridine rings is 2. The maximum absolute atomic E-state index is 11.4. The van der Waals surface area contributed by atoms with Crippen LogP contribution in [0.3, 0.4) is 0 Å². The van der Waals surface area contributed by atoms with Gasteiger partial charge in [-0.3, -0.25) is 9.20 Å². The van der Waals surface area contributed by atoms with Crippen molar-refractivity contribution in [3.05, 3.63) is 67.1 Å². The summed E-state index contributed by atoms with van der Waals surface area (Å²) in [6.45, 7) is 5.60. The van der Waals surface area contributed by atoms with Crippen molar-refractivity contribution in [2.45, 2.75) is 6.92 Å². The van der Waals surface area contributed by atoms with Crippen LogP contribution >= 0.6 is 0 Å². The van der Waals surface area contributed by atoms with E-state index >= 15 is 0 Å². The van der Waals surface area contributed by atoms with Crippen LogP contribution in [0.2, 0.25) is 0 Å². The predicted octanol–water partition coefficient (Wildman–Crippen LogP) is 3.77. The molecule has 7 nitrogen and oxygen atoms in total. The zero-order valence-corrected chi connectivity index (χ0v) is 18.3. The Kier molecular flexibility index (Phi) is 5.33. The first-order valence-electron chi connectivity index (χ1n) is 10.8. The lowest BCUT2D eigenvalue weighted by atomic mass is 10.1. The summed E-state index contributed by atoms with van der Waals surface area (Å²) >= 11 is 0. The number of nitrogens with one attached hydrogen (secondary N) is 1. The second-order valence-corrected chi connectivity index (χ2v) is 8.24. The number of hydrogen-bond acceptors (Lipinski definition) is 5. The number of carbonyl (C=O) groups is 1. The molecule has 0 unspecified atom stereocenters. The number of amides is 1. The average Bonchev–Trinajstić information content (AvgIpc) is 3.23. The van der Waals surface area contributed by atoms with E-state index in [2.05, 4.69) is 54.7 Å². The lowest BCUT2D eigenvalue weighted by molar-refractivity contribution is -0.114. The fourth-order valence-corrected chi connectivity index (χ4v) is 4.14. The van der Waals surface area contributed by atoms with Gasteiger partial charge in [-0.15, -0.1) is 0 Å². The zero-order valence-electron chi connectivity index (χ0n) is 18.3. The summed E-state index contributed by atoms with van der Waals surface area (Å²) in [5.41, 5.74) is 5.87. The van der Waals surface area contributed by atoms with Crippen LogP contribution in [0.15, 0.2) is 67.1 Å². The van der Waals surface area contributed by atoms with Crippen molar-refractivity contribution in [3.63, 3.8) is 0 Å². The number of carbonyl (C=O) groups excluding carboxylic acids is 1. The lowest BCUT2D eigenvalue weighted by Gasteiger charge is -2.33. The largest absolute Gasteiger partial charge is 0.354 e. The normalized spacial score (nSPS) is 14.6. The third-order valence-corrected chi connectivity index (χ3v) is 5.90. The third-order valence-electron chi connectivity index (χ3n) is 5.90. The van der Waals surface area contributed by atoms with Crippen molar-refractivity contribution in [1.29, 1.82) is 0 Å². The first-order valence-corrected chi connectivity index (χ1v) is 10.8. The van der Waals surface area contributed by atoms with Crippen LogP contribution < -0.4 is 10.2 Å². The van der Waals surface area contributed by atoms with E-state index < -0.39 is 0 Å². The van der Waals surface area contributed by atoms with Crippen molar-refractivity contribution in [1.82, 2.24) is 19.3 Å². The predicted molar refractivity (Wildman–Crippen MR) is 128 cm³/mol. The van der Waals surface area contributed by atoms with E-state index in [0.29, 0.717) is 0 Å². The molecule has 0 radical (unpaired) electrons. The van der Waals surface area contributed by atoms with Crippen LogP contribution in [0, 0.1) is 0 Å². The number of likely N-dealkylation sites (N-methyl/N-ethyl adjacent to an activating group) is 1. The highest BCUT2D eigenvalue weighted by molar-refractivity contribution is 5.89. The van der Waals surface area contributed by atoms with Gasteiger partial charge in [0.05, 0.1) is 11.9 Å². The highest BCUT2D eigenvalue weighted by Gasteiger charge is 2.16. The molecule has 4 heterocycles. The summed E-state index contributed by atoms with van der Waals surface area (Å²) in [4.78, 5) is 25.3. The minimum atomic E-state index is -0.0850. The third kappa shape index (κ3) is 4.07. The summed E-state index contributed by atoms with van der Waals surface area (Å²) in [5, 5.41) is 2.84.